The molecule has 0 aliphatic heterocycles. The SMILES string of the molecule is Cn1c2ccccc2n2c[n+](C)cc12. The first-order valence-corrected chi connectivity index (χ1v) is 4.68. The molecule has 0 aliphatic rings. The third kappa shape index (κ3) is 0.789. The maximum Gasteiger partial charge on any atom is 0.250 e. The van der Waals surface area contributed by atoms with Crippen LogP contribution in [0.15, 0.2) is 36.8 Å². The average Bonchev–Trinajstić information content (AvgIpc) is 2.68. The van der Waals surface area contributed by atoms with Crippen LogP contribution in [-0.4, -0.2) is 8.97 Å². The van der Waals surface area contributed by atoms with E-state index >= 15 is 0 Å². The zero-order valence-corrected chi connectivity index (χ0v) is 8.31. The van der Waals surface area contributed by atoms with Gasteiger partial charge in [0.05, 0.1) is 12.6 Å². The van der Waals surface area contributed by atoms with Gasteiger partial charge in [0.2, 0.25) is 5.65 Å². The van der Waals surface area contributed by atoms with Crippen molar-refractivity contribution in [1.29, 1.82) is 0 Å². The fraction of sp³-hybridized carbons (Fsp3) is 0.182. The molecule has 14 heavy (non-hydrogen) atoms. The molecule has 3 nitrogen and oxygen atoms in total. The molecule has 0 aliphatic carbocycles. The summed E-state index contributed by atoms with van der Waals surface area (Å²) in [5.41, 5.74) is 3.74. The van der Waals surface area contributed by atoms with Gasteiger partial charge >= 0.3 is 0 Å². The van der Waals surface area contributed by atoms with Gasteiger partial charge in [0.15, 0.2) is 11.7 Å². The van der Waals surface area contributed by atoms with Crippen LogP contribution in [0.25, 0.3) is 16.7 Å². The van der Waals surface area contributed by atoms with Crippen molar-refractivity contribution in [3.05, 3.63) is 36.8 Å². The fourth-order valence-electron chi connectivity index (χ4n) is 2.03. The topological polar surface area (TPSA) is 13.2 Å². The molecule has 2 heterocycles. The highest BCUT2D eigenvalue weighted by atomic mass is 15.2. The summed E-state index contributed by atoms with van der Waals surface area (Å²) < 4.78 is 6.48. The molecule has 0 spiro atoms. The summed E-state index contributed by atoms with van der Waals surface area (Å²) in [6, 6.07) is 8.42. The second kappa shape index (κ2) is 2.38. The smallest absolute Gasteiger partial charge is 0.250 e. The Balaban J connectivity index is 2.65. The van der Waals surface area contributed by atoms with Crippen LogP contribution in [-0.2, 0) is 14.1 Å². The Morgan fingerprint density at radius 1 is 1.14 bits per heavy atom. The van der Waals surface area contributed by atoms with E-state index in [1.54, 1.807) is 0 Å². The van der Waals surface area contributed by atoms with Crippen molar-refractivity contribution >= 4 is 16.7 Å². The molecule has 3 rings (SSSR count). The van der Waals surface area contributed by atoms with Gasteiger partial charge in [-0.15, -0.1) is 0 Å². The van der Waals surface area contributed by atoms with Gasteiger partial charge in [0.25, 0.3) is 6.33 Å². The minimum atomic E-state index is 1.22. The maximum absolute atomic E-state index is 2.20. The molecule has 0 bridgehead atoms. The molecule has 2 aromatic heterocycles. The summed E-state index contributed by atoms with van der Waals surface area (Å²) in [4.78, 5) is 0. The molecule has 0 N–H and O–H groups in total. The highest BCUT2D eigenvalue weighted by Crippen LogP contribution is 2.17. The van der Waals surface area contributed by atoms with Gasteiger partial charge in [-0.2, -0.15) is 4.40 Å². The van der Waals surface area contributed by atoms with E-state index in [0.29, 0.717) is 0 Å². The van der Waals surface area contributed by atoms with Crippen LogP contribution >= 0.6 is 0 Å². The van der Waals surface area contributed by atoms with E-state index in [1.165, 1.54) is 16.7 Å². The van der Waals surface area contributed by atoms with Gasteiger partial charge in [-0.3, -0.25) is 0 Å². The summed E-state index contributed by atoms with van der Waals surface area (Å²) in [6.45, 7) is 0. The van der Waals surface area contributed by atoms with Crippen LogP contribution in [0.5, 0.6) is 0 Å². The third-order valence-electron chi connectivity index (χ3n) is 2.71. The minimum absolute atomic E-state index is 1.22. The van der Waals surface area contributed by atoms with Crippen molar-refractivity contribution in [1.82, 2.24) is 8.97 Å². The molecule has 0 saturated heterocycles. The molecule has 1 aromatic carbocycles. The largest absolute Gasteiger partial charge is 0.305 e. The molecule has 0 unspecified atom stereocenters. The molecule has 3 aromatic rings. The van der Waals surface area contributed by atoms with Crippen molar-refractivity contribution < 1.29 is 4.57 Å². The molecular formula is C11H12N3+. The van der Waals surface area contributed by atoms with E-state index in [0.717, 1.165) is 0 Å². The second-order valence-corrected chi connectivity index (χ2v) is 3.69. The van der Waals surface area contributed by atoms with E-state index in [9.17, 15) is 0 Å². The Hall–Kier alpha value is -1.77. The highest BCUT2D eigenvalue weighted by Gasteiger charge is 2.14. The monoisotopic (exact) mass is 186 g/mol. The third-order valence-corrected chi connectivity index (χ3v) is 2.71. The molecule has 0 saturated carbocycles. The summed E-state index contributed by atoms with van der Waals surface area (Å²) in [5, 5.41) is 0. The van der Waals surface area contributed by atoms with E-state index in [2.05, 4.69) is 57.4 Å². The van der Waals surface area contributed by atoms with Gasteiger partial charge in [-0.25, -0.2) is 4.57 Å². The predicted octanol–water partition coefficient (Wildman–Crippen LogP) is 1.26. The zero-order chi connectivity index (χ0) is 9.71. The summed E-state index contributed by atoms with van der Waals surface area (Å²) >= 11 is 0. The number of hydrogen-bond acceptors (Lipinski definition) is 0. The van der Waals surface area contributed by atoms with E-state index in [4.69, 9.17) is 0 Å². The number of rotatable bonds is 0. The van der Waals surface area contributed by atoms with Crippen LogP contribution in [0.3, 0.4) is 0 Å². The lowest BCUT2D eigenvalue weighted by Gasteiger charge is -1.90. The molecule has 0 amide bonds. The number of hydrogen-bond donors (Lipinski definition) is 0. The van der Waals surface area contributed by atoms with Gasteiger partial charge < -0.3 is 4.57 Å². The van der Waals surface area contributed by atoms with Crippen LogP contribution in [0.1, 0.15) is 0 Å². The quantitative estimate of drug-likeness (QED) is 0.469. The Kier molecular flexibility index (Phi) is 1.29. The van der Waals surface area contributed by atoms with Gasteiger partial charge in [-0.1, -0.05) is 12.1 Å². The van der Waals surface area contributed by atoms with Crippen molar-refractivity contribution in [3.8, 4) is 0 Å². The molecular weight excluding hydrogens is 174 g/mol. The number of aryl methyl sites for hydroxylation is 2. The Labute approximate surface area is 81.8 Å². The Morgan fingerprint density at radius 2 is 1.86 bits per heavy atom. The van der Waals surface area contributed by atoms with Crippen molar-refractivity contribution in [2.45, 2.75) is 0 Å². The number of nitrogens with zero attached hydrogens (tertiary/aromatic N) is 3. The van der Waals surface area contributed by atoms with E-state index in [-0.39, 0.29) is 0 Å². The van der Waals surface area contributed by atoms with Crippen molar-refractivity contribution in [2.24, 2.45) is 14.1 Å². The Morgan fingerprint density at radius 3 is 2.64 bits per heavy atom. The van der Waals surface area contributed by atoms with E-state index < -0.39 is 0 Å². The lowest BCUT2D eigenvalue weighted by molar-refractivity contribution is -0.670. The summed E-state index contributed by atoms with van der Waals surface area (Å²) in [5.74, 6) is 0. The lowest BCUT2D eigenvalue weighted by Crippen LogP contribution is -2.23. The molecule has 0 fully saturated rings. The molecule has 70 valence electrons. The molecule has 0 radical (unpaired) electrons. The maximum atomic E-state index is 2.20. The van der Waals surface area contributed by atoms with Crippen LogP contribution < -0.4 is 4.57 Å². The second-order valence-electron chi connectivity index (χ2n) is 3.69. The predicted molar refractivity (Wildman–Crippen MR) is 55.1 cm³/mol. The number of imidazole rings is 2. The summed E-state index contributed by atoms with van der Waals surface area (Å²) in [7, 11) is 4.14. The number of para-hydroxylation sites is 2. The zero-order valence-electron chi connectivity index (χ0n) is 8.31. The first kappa shape index (κ1) is 7.62. The Bertz CT molecular complexity index is 616. The molecule has 0 atom stereocenters. The summed E-state index contributed by atoms with van der Waals surface area (Å²) in [6.07, 6.45) is 4.22. The van der Waals surface area contributed by atoms with Crippen molar-refractivity contribution in [2.75, 3.05) is 0 Å². The minimum Gasteiger partial charge on any atom is -0.305 e. The van der Waals surface area contributed by atoms with Crippen LogP contribution in [0, 0.1) is 0 Å². The van der Waals surface area contributed by atoms with Crippen molar-refractivity contribution in [3.63, 3.8) is 0 Å². The molecule has 3 heteroatoms. The first-order chi connectivity index (χ1) is 6.77. The van der Waals surface area contributed by atoms with Gasteiger partial charge in [-0.05, 0) is 12.1 Å². The average molecular weight is 186 g/mol. The van der Waals surface area contributed by atoms with Crippen LogP contribution in [0.4, 0.5) is 0 Å². The normalized spacial score (nSPS) is 11.6. The van der Waals surface area contributed by atoms with E-state index in [1.807, 2.05) is 7.05 Å². The standard InChI is InChI=1S/C11H12N3/c1-12-7-11-13(2)9-5-3-4-6-10(9)14(11)8-12/h3-8H,1-2H3/q+1. The first-order valence-electron chi connectivity index (χ1n) is 4.68. The highest BCUT2D eigenvalue weighted by molar-refractivity contribution is 5.81. The number of fused-ring (bicyclic) bond motifs is 3. The van der Waals surface area contributed by atoms with Gasteiger partial charge in [0.1, 0.15) is 0 Å². The van der Waals surface area contributed by atoms with Crippen LogP contribution in [0.2, 0.25) is 0 Å². The number of benzene rings is 1. The lowest BCUT2D eigenvalue weighted by atomic mass is 10.3. The van der Waals surface area contributed by atoms with Gasteiger partial charge in [0, 0.05) is 7.05 Å². The number of aromatic nitrogens is 3. The fourth-order valence-corrected chi connectivity index (χ4v) is 2.03.